The minimum absolute atomic E-state index is 0.146. The van der Waals surface area contributed by atoms with Gasteiger partial charge < -0.3 is 9.67 Å². The summed E-state index contributed by atoms with van der Waals surface area (Å²) in [6.45, 7) is 4.56. The molecule has 2 aromatic heterocycles. The minimum atomic E-state index is -4.54. The number of phenolic OH excluding ortho intramolecular Hbond substituents is 1. The molecular formula is C55H55F3N2OS. The molecule has 7 heteroatoms. The van der Waals surface area contributed by atoms with Gasteiger partial charge in [-0.1, -0.05) is 152 Å². The van der Waals surface area contributed by atoms with E-state index >= 15 is 0 Å². The summed E-state index contributed by atoms with van der Waals surface area (Å²) in [5.74, 6) is -0.425. The molecule has 0 bridgehead atoms. The fourth-order valence-corrected chi connectivity index (χ4v) is 11.2. The quantitative estimate of drug-likeness (QED) is 0.0927. The number of benzene rings is 6. The Balaban J connectivity index is 1.14. The molecule has 0 atom stereocenters. The first-order valence-electron chi connectivity index (χ1n) is 22.8. The van der Waals surface area contributed by atoms with E-state index in [0.717, 1.165) is 46.3 Å². The lowest BCUT2D eigenvalue weighted by Gasteiger charge is -2.33. The Kier molecular flexibility index (Phi) is 12.0. The zero-order chi connectivity index (χ0) is 42.8. The minimum Gasteiger partial charge on any atom is -0.507 e. The number of phenols is 1. The molecule has 318 valence electrons. The highest BCUT2D eigenvalue weighted by Gasteiger charge is 2.43. The topological polar surface area (TPSA) is 38.1 Å². The van der Waals surface area contributed by atoms with Crippen LogP contribution in [0.2, 0.25) is 0 Å². The number of unbranched alkanes of at least 4 members (excludes halogenated alkanes) is 10. The number of nitrogens with zero attached hydrogens (tertiary/aromatic N) is 2. The molecule has 0 amide bonds. The summed E-state index contributed by atoms with van der Waals surface area (Å²) in [5.41, 5.74) is 11.4. The highest BCUT2D eigenvalue weighted by Crippen LogP contribution is 2.56. The Morgan fingerprint density at radius 1 is 0.581 bits per heavy atom. The molecule has 0 saturated carbocycles. The Hall–Kier alpha value is -5.40. The SMILES string of the molecule is CCCCCCCCC1(CCCCCCCC)c2cc(-c3ccc4nc(-c5ccc(C(F)(F)F)cc5O)sc4c3)ccc2-c2ccc(-n3c4ccccc4c4ccccc43)cc21. The van der Waals surface area contributed by atoms with Gasteiger partial charge in [0.1, 0.15) is 10.8 Å². The van der Waals surface area contributed by atoms with E-state index in [1.807, 2.05) is 6.07 Å². The lowest BCUT2D eigenvalue weighted by molar-refractivity contribution is -0.137. The molecule has 62 heavy (non-hydrogen) atoms. The van der Waals surface area contributed by atoms with E-state index in [1.165, 1.54) is 144 Å². The molecule has 0 spiro atoms. The van der Waals surface area contributed by atoms with Gasteiger partial charge >= 0.3 is 6.18 Å². The molecule has 6 aromatic carbocycles. The first-order chi connectivity index (χ1) is 30.2. The zero-order valence-electron chi connectivity index (χ0n) is 35.8. The van der Waals surface area contributed by atoms with Crippen LogP contribution in [-0.4, -0.2) is 14.7 Å². The standard InChI is InChI=1S/C55H55F3N2OS/c1-3-5-7-9-11-17-31-54(32-18-12-10-8-6-4-2)46-33-37(38-24-30-48-52(34-38)62-53(59-48)45-28-25-39(35-51(45)61)55(56,57)58)23-27-41(46)42-29-26-40(36-47(42)54)60-49-21-15-13-19-43(49)44-20-14-16-22-50(44)60/h13-16,19-30,33-36,61H,3-12,17-18,31-32H2,1-2H3. The molecule has 1 aliphatic carbocycles. The normalized spacial score (nSPS) is 13.4. The second kappa shape index (κ2) is 17.8. The van der Waals surface area contributed by atoms with Crippen LogP contribution >= 0.6 is 11.3 Å². The summed E-state index contributed by atoms with van der Waals surface area (Å²) in [6, 6.07) is 41.2. The van der Waals surface area contributed by atoms with Gasteiger partial charge in [-0.25, -0.2) is 4.98 Å². The van der Waals surface area contributed by atoms with Crippen LogP contribution in [0.15, 0.2) is 121 Å². The van der Waals surface area contributed by atoms with Crippen LogP contribution in [0, 0.1) is 0 Å². The number of rotatable bonds is 17. The lowest BCUT2D eigenvalue weighted by atomic mass is 9.70. The molecule has 0 saturated heterocycles. The predicted octanol–water partition coefficient (Wildman–Crippen LogP) is 17.2. The molecule has 9 rings (SSSR count). The number of hydrogen-bond acceptors (Lipinski definition) is 3. The smallest absolute Gasteiger partial charge is 0.416 e. The fraction of sp³-hybridized carbons (Fsp3) is 0.327. The van der Waals surface area contributed by atoms with Crippen molar-refractivity contribution >= 4 is 43.4 Å². The third kappa shape index (κ3) is 7.94. The third-order valence-corrected chi connectivity index (χ3v) is 14.4. The van der Waals surface area contributed by atoms with Crippen LogP contribution in [0.4, 0.5) is 13.2 Å². The van der Waals surface area contributed by atoms with Gasteiger partial charge in [0.05, 0.1) is 32.4 Å². The van der Waals surface area contributed by atoms with Crippen molar-refractivity contribution in [3.63, 3.8) is 0 Å². The largest absolute Gasteiger partial charge is 0.507 e. The van der Waals surface area contributed by atoms with Crippen molar-refractivity contribution in [3.05, 3.63) is 138 Å². The van der Waals surface area contributed by atoms with E-state index in [1.54, 1.807) is 0 Å². The van der Waals surface area contributed by atoms with Crippen LogP contribution in [0.3, 0.4) is 0 Å². The number of aromatic nitrogens is 2. The molecule has 2 heterocycles. The monoisotopic (exact) mass is 848 g/mol. The molecule has 1 N–H and O–H groups in total. The summed E-state index contributed by atoms with van der Waals surface area (Å²) in [6.07, 6.45) is 12.6. The Bertz CT molecular complexity index is 2800. The van der Waals surface area contributed by atoms with Gasteiger partial charge in [0.25, 0.3) is 0 Å². The summed E-state index contributed by atoms with van der Waals surface area (Å²) < 4.78 is 43.5. The van der Waals surface area contributed by atoms with Gasteiger partial charge in [-0.2, -0.15) is 13.2 Å². The predicted molar refractivity (Wildman–Crippen MR) is 254 cm³/mol. The van der Waals surface area contributed by atoms with Crippen LogP contribution < -0.4 is 0 Å². The Morgan fingerprint density at radius 2 is 1.13 bits per heavy atom. The van der Waals surface area contributed by atoms with Crippen LogP contribution in [-0.2, 0) is 11.6 Å². The molecule has 8 aromatic rings. The van der Waals surface area contributed by atoms with Gasteiger partial charge in [0.2, 0.25) is 0 Å². The van der Waals surface area contributed by atoms with Gasteiger partial charge in [-0.3, -0.25) is 0 Å². The van der Waals surface area contributed by atoms with E-state index in [2.05, 4.69) is 115 Å². The highest BCUT2D eigenvalue weighted by atomic mass is 32.1. The van der Waals surface area contributed by atoms with Crippen molar-refractivity contribution in [1.29, 1.82) is 0 Å². The third-order valence-electron chi connectivity index (χ3n) is 13.4. The molecule has 3 nitrogen and oxygen atoms in total. The maximum Gasteiger partial charge on any atom is 0.416 e. The maximum absolute atomic E-state index is 13.4. The second-order valence-electron chi connectivity index (χ2n) is 17.4. The molecular weight excluding hydrogens is 794 g/mol. The molecule has 0 fully saturated rings. The number of hydrogen-bond donors (Lipinski definition) is 1. The number of aromatic hydroxyl groups is 1. The van der Waals surface area contributed by atoms with E-state index in [0.29, 0.717) is 10.6 Å². The van der Waals surface area contributed by atoms with Crippen LogP contribution in [0.5, 0.6) is 5.75 Å². The van der Waals surface area contributed by atoms with Crippen molar-refractivity contribution in [1.82, 2.24) is 9.55 Å². The summed E-state index contributed by atoms with van der Waals surface area (Å²) in [5, 5.41) is 13.7. The molecule has 1 aliphatic rings. The summed E-state index contributed by atoms with van der Waals surface area (Å²) in [4.78, 5) is 4.74. The van der Waals surface area contributed by atoms with Gasteiger partial charge in [-0.15, -0.1) is 11.3 Å². The van der Waals surface area contributed by atoms with E-state index < -0.39 is 17.5 Å². The maximum atomic E-state index is 13.4. The van der Waals surface area contributed by atoms with Crippen molar-refractivity contribution < 1.29 is 18.3 Å². The summed E-state index contributed by atoms with van der Waals surface area (Å²) >= 11 is 1.39. The molecule has 0 unspecified atom stereocenters. The average molecular weight is 849 g/mol. The van der Waals surface area contributed by atoms with Crippen LogP contribution in [0.1, 0.15) is 120 Å². The van der Waals surface area contributed by atoms with Gasteiger partial charge in [0, 0.05) is 21.9 Å². The fourth-order valence-electron chi connectivity index (χ4n) is 10.2. The zero-order valence-corrected chi connectivity index (χ0v) is 36.6. The number of alkyl halides is 3. The van der Waals surface area contributed by atoms with Crippen molar-refractivity contribution in [3.8, 4) is 44.3 Å². The van der Waals surface area contributed by atoms with Gasteiger partial charge in [-0.05, 0) is 107 Å². The van der Waals surface area contributed by atoms with E-state index in [9.17, 15) is 18.3 Å². The first-order valence-corrected chi connectivity index (χ1v) is 23.6. The average Bonchev–Trinajstić information content (AvgIpc) is 3.94. The number of thiazole rings is 1. The highest BCUT2D eigenvalue weighted by molar-refractivity contribution is 7.21. The molecule has 0 radical (unpaired) electrons. The lowest BCUT2D eigenvalue weighted by Crippen LogP contribution is -2.26. The Morgan fingerprint density at radius 3 is 1.76 bits per heavy atom. The first kappa shape index (κ1) is 41.9. The van der Waals surface area contributed by atoms with Gasteiger partial charge in [0.15, 0.2) is 0 Å². The Labute approximate surface area is 367 Å². The van der Waals surface area contributed by atoms with Crippen molar-refractivity contribution in [2.24, 2.45) is 0 Å². The van der Waals surface area contributed by atoms with E-state index in [4.69, 9.17) is 4.98 Å². The molecule has 0 aliphatic heterocycles. The number of fused-ring (bicyclic) bond motifs is 7. The second-order valence-corrected chi connectivity index (χ2v) is 18.4. The van der Waals surface area contributed by atoms with E-state index in [-0.39, 0.29) is 5.41 Å². The number of para-hydroxylation sites is 2. The number of halogens is 3. The van der Waals surface area contributed by atoms with Crippen LogP contribution in [0.25, 0.3) is 70.5 Å². The van der Waals surface area contributed by atoms with Crippen molar-refractivity contribution in [2.45, 2.75) is 115 Å². The summed E-state index contributed by atoms with van der Waals surface area (Å²) in [7, 11) is 0. The van der Waals surface area contributed by atoms with Crippen molar-refractivity contribution in [2.75, 3.05) is 0 Å².